The normalized spacial score (nSPS) is 13.2. The molecule has 0 radical (unpaired) electrons. The van der Waals surface area contributed by atoms with Crippen LogP contribution in [0.5, 0.6) is 0 Å². The molecule has 1 amide bonds. The van der Waals surface area contributed by atoms with Gasteiger partial charge in [-0.25, -0.2) is 9.67 Å². The lowest BCUT2D eigenvalue weighted by atomic mass is 9.85. The number of hydrogen-bond donors (Lipinski definition) is 1. The van der Waals surface area contributed by atoms with Gasteiger partial charge in [0.25, 0.3) is 0 Å². The van der Waals surface area contributed by atoms with Gasteiger partial charge in [-0.1, -0.05) is 56.7 Å². The number of hydrogen-bond acceptors (Lipinski definition) is 3. The monoisotopic (exact) mass is 348 g/mol. The Morgan fingerprint density at radius 3 is 2.58 bits per heavy atom. The summed E-state index contributed by atoms with van der Waals surface area (Å²) in [6.45, 7) is 4.70. The molecule has 2 aromatic heterocycles. The zero-order valence-corrected chi connectivity index (χ0v) is 15.2. The zero-order valence-electron chi connectivity index (χ0n) is 15.2. The standard InChI is InChI=1S/C21H24N4O/c1-3-16(2)20(18-8-5-4-6-9-18)21(26)23-15-17-10-11-19(22-14-17)25-13-7-12-24-25/h4-14,16,20H,3,15H2,1-2H3,(H,23,26)/t16-,20-/m1/s1. The van der Waals surface area contributed by atoms with Gasteiger partial charge in [-0.3, -0.25) is 4.79 Å². The molecule has 0 saturated carbocycles. The van der Waals surface area contributed by atoms with Gasteiger partial charge in [-0.05, 0) is 29.2 Å². The summed E-state index contributed by atoms with van der Waals surface area (Å²) in [5.74, 6) is 0.948. The molecular weight excluding hydrogens is 324 g/mol. The summed E-state index contributed by atoms with van der Waals surface area (Å²) >= 11 is 0. The van der Waals surface area contributed by atoms with E-state index >= 15 is 0 Å². The molecule has 0 saturated heterocycles. The van der Waals surface area contributed by atoms with Crippen LogP contribution in [-0.2, 0) is 11.3 Å². The van der Waals surface area contributed by atoms with E-state index in [0.717, 1.165) is 23.4 Å². The molecule has 0 aliphatic heterocycles. The molecule has 0 bridgehead atoms. The minimum Gasteiger partial charge on any atom is -0.351 e. The average Bonchev–Trinajstić information content (AvgIpc) is 3.22. The van der Waals surface area contributed by atoms with Gasteiger partial charge in [0.1, 0.15) is 0 Å². The minimum atomic E-state index is -0.141. The largest absolute Gasteiger partial charge is 0.351 e. The predicted octanol–water partition coefficient (Wildman–Crippen LogP) is 3.71. The van der Waals surface area contributed by atoms with Gasteiger partial charge in [0.2, 0.25) is 5.91 Å². The molecule has 0 fully saturated rings. The van der Waals surface area contributed by atoms with Crippen molar-refractivity contribution in [3.05, 3.63) is 78.2 Å². The van der Waals surface area contributed by atoms with Crippen molar-refractivity contribution in [1.29, 1.82) is 0 Å². The first-order valence-corrected chi connectivity index (χ1v) is 8.96. The lowest BCUT2D eigenvalue weighted by molar-refractivity contribution is -0.123. The fourth-order valence-electron chi connectivity index (χ4n) is 2.99. The van der Waals surface area contributed by atoms with E-state index in [1.54, 1.807) is 17.1 Å². The summed E-state index contributed by atoms with van der Waals surface area (Å²) in [4.78, 5) is 17.2. The van der Waals surface area contributed by atoms with Crippen LogP contribution in [0.25, 0.3) is 5.82 Å². The van der Waals surface area contributed by atoms with Crippen LogP contribution in [0, 0.1) is 5.92 Å². The smallest absolute Gasteiger partial charge is 0.228 e. The number of nitrogens with one attached hydrogen (secondary N) is 1. The molecule has 0 spiro atoms. The van der Waals surface area contributed by atoms with Gasteiger partial charge in [0.05, 0.1) is 5.92 Å². The number of carbonyl (C=O) groups is 1. The van der Waals surface area contributed by atoms with Crippen molar-refractivity contribution in [3.63, 3.8) is 0 Å². The van der Waals surface area contributed by atoms with Crippen molar-refractivity contribution in [2.45, 2.75) is 32.7 Å². The first kappa shape index (κ1) is 17.9. The van der Waals surface area contributed by atoms with Gasteiger partial charge in [0, 0.05) is 25.1 Å². The van der Waals surface area contributed by atoms with Crippen molar-refractivity contribution < 1.29 is 4.79 Å². The Morgan fingerprint density at radius 1 is 1.15 bits per heavy atom. The summed E-state index contributed by atoms with van der Waals surface area (Å²) in [5, 5.41) is 7.23. The van der Waals surface area contributed by atoms with Crippen molar-refractivity contribution in [2.24, 2.45) is 5.92 Å². The van der Waals surface area contributed by atoms with E-state index in [0.29, 0.717) is 6.54 Å². The number of nitrogens with zero attached hydrogens (tertiary/aromatic N) is 3. The zero-order chi connectivity index (χ0) is 18.4. The lowest BCUT2D eigenvalue weighted by Crippen LogP contribution is -2.32. The van der Waals surface area contributed by atoms with E-state index in [9.17, 15) is 4.79 Å². The maximum Gasteiger partial charge on any atom is 0.228 e. The quantitative estimate of drug-likeness (QED) is 0.708. The summed E-state index contributed by atoms with van der Waals surface area (Å²) in [6.07, 6.45) is 6.29. The summed E-state index contributed by atoms with van der Waals surface area (Å²) < 4.78 is 1.71. The van der Waals surface area contributed by atoms with Gasteiger partial charge in [0.15, 0.2) is 5.82 Å². The first-order valence-electron chi connectivity index (χ1n) is 8.96. The number of amides is 1. The minimum absolute atomic E-state index is 0.0571. The Morgan fingerprint density at radius 2 is 1.96 bits per heavy atom. The third-order valence-electron chi connectivity index (χ3n) is 4.67. The maximum absolute atomic E-state index is 12.8. The molecule has 5 nitrogen and oxygen atoms in total. The molecule has 0 aliphatic carbocycles. The van der Waals surface area contributed by atoms with Crippen molar-refractivity contribution in [2.75, 3.05) is 0 Å². The van der Waals surface area contributed by atoms with Crippen LogP contribution in [0.4, 0.5) is 0 Å². The number of rotatable bonds is 7. The van der Waals surface area contributed by atoms with Crippen molar-refractivity contribution in [1.82, 2.24) is 20.1 Å². The van der Waals surface area contributed by atoms with Gasteiger partial charge in [-0.15, -0.1) is 0 Å². The number of benzene rings is 1. The van der Waals surface area contributed by atoms with Crippen molar-refractivity contribution >= 4 is 5.91 Å². The molecule has 0 aliphatic rings. The second-order valence-corrected chi connectivity index (χ2v) is 6.47. The molecule has 1 N–H and O–H groups in total. The second kappa shape index (κ2) is 8.43. The fraction of sp³-hybridized carbons (Fsp3) is 0.286. The second-order valence-electron chi connectivity index (χ2n) is 6.47. The number of aromatic nitrogens is 3. The molecule has 2 heterocycles. The van der Waals surface area contributed by atoms with Crippen LogP contribution in [0.2, 0.25) is 0 Å². The highest BCUT2D eigenvalue weighted by Gasteiger charge is 2.25. The summed E-state index contributed by atoms with van der Waals surface area (Å²) in [6, 6.07) is 15.7. The molecule has 134 valence electrons. The van der Waals surface area contributed by atoms with Crippen LogP contribution in [-0.4, -0.2) is 20.7 Å². The SMILES string of the molecule is CC[C@@H](C)[C@@H](C(=O)NCc1ccc(-n2cccn2)nc1)c1ccccc1. The lowest BCUT2D eigenvalue weighted by Gasteiger charge is -2.22. The Hall–Kier alpha value is -2.95. The van der Waals surface area contributed by atoms with E-state index in [2.05, 4.69) is 29.2 Å². The van der Waals surface area contributed by atoms with Crippen LogP contribution in [0.15, 0.2) is 67.1 Å². The Bertz CT molecular complexity index is 813. The molecule has 1 aromatic carbocycles. The Balaban J connectivity index is 1.66. The number of pyridine rings is 1. The molecule has 5 heteroatoms. The van der Waals surface area contributed by atoms with Gasteiger partial charge in [-0.2, -0.15) is 5.10 Å². The maximum atomic E-state index is 12.8. The highest BCUT2D eigenvalue weighted by atomic mass is 16.1. The molecule has 3 aromatic rings. The average molecular weight is 348 g/mol. The Labute approximate surface area is 154 Å². The first-order chi connectivity index (χ1) is 12.7. The summed E-state index contributed by atoms with van der Waals surface area (Å²) in [7, 11) is 0. The third kappa shape index (κ3) is 4.17. The topological polar surface area (TPSA) is 59.8 Å². The molecule has 2 atom stereocenters. The summed E-state index contributed by atoms with van der Waals surface area (Å²) in [5.41, 5.74) is 2.02. The van der Waals surface area contributed by atoms with E-state index in [4.69, 9.17) is 0 Å². The highest BCUT2D eigenvalue weighted by Crippen LogP contribution is 2.27. The van der Waals surface area contributed by atoms with Crippen molar-refractivity contribution in [3.8, 4) is 5.82 Å². The van der Waals surface area contributed by atoms with Crippen LogP contribution in [0.3, 0.4) is 0 Å². The molecular formula is C21H24N4O. The van der Waals surface area contributed by atoms with Gasteiger partial charge < -0.3 is 5.32 Å². The Kier molecular flexibility index (Phi) is 5.79. The predicted molar refractivity (Wildman–Crippen MR) is 102 cm³/mol. The van der Waals surface area contributed by atoms with Crippen LogP contribution < -0.4 is 5.32 Å². The van der Waals surface area contributed by atoms with E-state index in [-0.39, 0.29) is 17.7 Å². The molecule has 26 heavy (non-hydrogen) atoms. The van der Waals surface area contributed by atoms with Crippen LogP contribution in [0.1, 0.15) is 37.3 Å². The van der Waals surface area contributed by atoms with E-state index in [1.165, 1.54) is 0 Å². The van der Waals surface area contributed by atoms with Crippen LogP contribution >= 0.6 is 0 Å². The van der Waals surface area contributed by atoms with E-state index < -0.39 is 0 Å². The highest BCUT2D eigenvalue weighted by molar-refractivity contribution is 5.83. The van der Waals surface area contributed by atoms with E-state index in [1.807, 2.05) is 54.7 Å². The fourth-order valence-corrected chi connectivity index (χ4v) is 2.99. The third-order valence-corrected chi connectivity index (χ3v) is 4.67. The number of carbonyl (C=O) groups excluding carboxylic acids is 1. The molecule has 3 rings (SSSR count). The van der Waals surface area contributed by atoms with Gasteiger partial charge >= 0.3 is 0 Å². The molecule has 0 unspecified atom stereocenters.